The molecule has 1 aliphatic carbocycles. The van der Waals surface area contributed by atoms with Crippen LogP contribution in [0.25, 0.3) is 33.7 Å². The molecule has 5 aromatic rings. The molecule has 0 radical (unpaired) electrons. The second-order valence-corrected chi connectivity index (χ2v) is 8.13. The highest BCUT2D eigenvalue weighted by molar-refractivity contribution is 6.42. The summed E-state index contributed by atoms with van der Waals surface area (Å²) in [7, 11) is 1.96. The van der Waals surface area contributed by atoms with Gasteiger partial charge in [-0.2, -0.15) is 0 Å². The molecular formula is C27H19N3O2. The lowest BCUT2D eigenvalue weighted by molar-refractivity contribution is 0.0990. The fourth-order valence-electron chi connectivity index (χ4n) is 4.51. The van der Waals surface area contributed by atoms with E-state index in [2.05, 4.69) is 0 Å². The monoisotopic (exact) mass is 417 g/mol. The molecule has 0 atom stereocenters. The molecule has 0 unspecified atom stereocenters. The number of nitrogens with zero attached hydrogens (tertiary/aromatic N) is 3. The van der Waals surface area contributed by atoms with Crippen LogP contribution in [-0.4, -0.2) is 25.7 Å². The van der Waals surface area contributed by atoms with Crippen LogP contribution in [0, 0.1) is 6.92 Å². The van der Waals surface area contributed by atoms with E-state index in [-0.39, 0.29) is 17.1 Å². The summed E-state index contributed by atoms with van der Waals surface area (Å²) in [6.07, 6.45) is 1.71. The molecule has 0 saturated heterocycles. The van der Waals surface area contributed by atoms with Crippen LogP contribution in [-0.2, 0) is 7.05 Å². The molecule has 0 bridgehead atoms. The average molecular weight is 417 g/mol. The number of fused-ring (bicyclic) bond motifs is 3. The van der Waals surface area contributed by atoms with E-state index in [9.17, 15) is 9.59 Å². The largest absolute Gasteiger partial charge is 0.330 e. The first-order valence-corrected chi connectivity index (χ1v) is 10.5. The predicted octanol–water partition coefficient (Wildman–Crippen LogP) is 5.29. The summed E-state index contributed by atoms with van der Waals surface area (Å²) in [4.78, 5) is 31.2. The van der Waals surface area contributed by atoms with Gasteiger partial charge in [0.25, 0.3) is 0 Å². The number of hydrogen-bond donors (Lipinski definition) is 0. The number of benzene rings is 3. The maximum Gasteiger partial charge on any atom is 0.197 e. The third kappa shape index (κ3) is 2.54. The first kappa shape index (κ1) is 18.5. The Kier molecular flexibility index (Phi) is 3.83. The molecule has 0 fully saturated rings. The minimum absolute atomic E-state index is 0.187. The number of rotatable bonds is 2. The van der Waals surface area contributed by atoms with Gasteiger partial charge in [-0.3, -0.25) is 14.2 Å². The van der Waals surface area contributed by atoms with Gasteiger partial charge in [0.2, 0.25) is 0 Å². The number of aromatic nitrogens is 3. The third-order valence-corrected chi connectivity index (χ3v) is 6.27. The highest BCUT2D eigenvalue weighted by Crippen LogP contribution is 2.33. The Labute approximate surface area is 184 Å². The predicted molar refractivity (Wildman–Crippen MR) is 125 cm³/mol. The van der Waals surface area contributed by atoms with Crippen LogP contribution in [0.5, 0.6) is 0 Å². The third-order valence-electron chi connectivity index (χ3n) is 6.27. The van der Waals surface area contributed by atoms with Crippen molar-refractivity contribution in [1.29, 1.82) is 0 Å². The second kappa shape index (κ2) is 6.62. The van der Waals surface area contributed by atoms with Crippen LogP contribution >= 0.6 is 0 Å². The molecule has 0 N–H and O–H groups in total. The van der Waals surface area contributed by atoms with E-state index >= 15 is 0 Å². The summed E-state index contributed by atoms with van der Waals surface area (Å²) in [5, 5.41) is 1.90. The first-order valence-electron chi connectivity index (χ1n) is 10.5. The molecule has 5 heteroatoms. The molecule has 0 saturated carbocycles. The van der Waals surface area contributed by atoms with Crippen molar-refractivity contribution in [3.05, 3.63) is 101 Å². The van der Waals surface area contributed by atoms with Crippen LogP contribution in [0.3, 0.4) is 0 Å². The van der Waals surface area contributed by atoms with Gasteiger partial charge in [0.15, 0.2) is 17.2 Å². The fraction of sp³-hybridized carbons (Fsp3) is 0.0741. The van der Waals surface area contributed by atoms with Gasteiger partial charge < -0.3 is 4.57 Å². The lowest BCUT2D eigenvalue weighted by Gasteiger charge is -2.07. The zero-order valence-corrected chi connectivity index (χ0v) is 17.7. The fourth-order valence-corrected chi connectivity index (χ4v) is 4.51. The minimum Gasteiger partial charge on any atom is -0.330 e. The van der Waals surface area contributed by atoms with Crippen molar-refractivity contribution in [2.24, 2.45) is 7.05 Å². The molecule has 3 aromatic carbocycles. The first-order chi connectivity index (χ1) is 15.5. The van der Waals surface area contributed by atoms with E-state index in [0.29, 0.717) is 11.1 Å². The van der Waals surface area contributed by atoms with Gasteiger partial charge in [-0.15, -0.1) is 0 Å². The number of Topliss-reactive ketones (excluding diaryl/α,β-unsaturated/α-hetero) is 2. The number of aryl methyl sites for hydroxylation is 2. The molecule has 0 spiro atoms. The van der Waals surface area contributed by atoms with Gasteiger partial charge in [-0.1, -0.05) is 42.5 Å². The number of ketones is 2. The van der Waals surface area contributed by atoms with Crippen LogP contribution in [0.2, 0.25) is 0 Å². The van der Waals surface area contributed by atoms with E-state index in [0.717, 1.165) is 39.1 Å². The normalized spacial score (nSPS) is 13.4. The number of imidazole rings is 1. The van der Waals surface area contributed by atoms with Crippen molar-refractivity contribution in [1.82, 2.24) is 14.1 Å². The topological polar surface area (TPSA) is 56.9 Å². The lowest BCUT2D eigenvalue weighted by atomic mass is 10.0. The summed E-state index contributed by atoms with van der Waals surface area (Å²) in [6, 6.07) is 23.3. The molecule has 0 amide bonds. The van der Waals surface area contributed by atoms with E-state index < -0.39 is 0 Å². The summed E-state index contributed by atoms with van der Waals surface area (Å²) in [5.74, 6) is 0.431. The van der Waals surface area contributed by atoms with Crippen LogP contribution in [0.1, 0.15) is 32.2 Å². The van der Waals surface area contributed by atoms with Crippen molar-refractivity contribution in [3.8, 4) is 5.69 Å². The Hall–Kier alpha value is -4.25. The highest BCUT2D eigenvalue weighted by Gasteiger charge is 2.34. The summed E-state index contributed by atoms with van der Waals surface area (Å²) in [6.45, 7) is 1.96. The van der Waals surface area contributed by atoms with Crippen molar-refractivity contribution in [2.45, 2.75) is 6.92 Å². The highest BCUT2D eigenvalue weighted by atomic mass is 16.2. The quantitative estimate of drug-likeness (QED) is 0.290. The van der Waals surface area contributed by atoms with Crippen molar-refractivity contribution >= 4 is 39.6 Å². The molecule has 1 aliphatic rings. The van der Waals surface area contributed by atoms with Crippen LogP contribution in [0.4, 0.5) is 0 Å². The zero-order valence-electron chi connectivity index (χ0n) is 17.7. The van der Waals surface area contributed by atoms with Gasteiger partial charge in [-0.25, -0.2) is 4.98 Å². The van der Waals surface area contributed by atoms with E-state index in [1.165, 1.54) is 0 Å². The van der Waals surface area contributed by atoms with Gasteiger partial charge in [-0.05, 0) is 54.1 Å². The molecule has 2 aromatic heterocycles. The molecule has 6 rings (SSSR count). The molecule has 0 aliphatic heterocycles. The number of allylic oxidation sites excluding steroid dienone is 1. The van der Waals surface area contributed by atoms with Crippen LogP contribution < -0.4 is 0 Å². The van der Waals surface area contributed by atoms with E-state index in [1.54, 1.807) is 6.08 Å². The number of hydrogen-bond acceptors (Lipinski definition) is 3. The Morgan fingerprint density at radius 3 is 2.03 bits per heavy atom. The second-order valence-electron chi connectivity index (χ2n) is 8.13. The van der Waals surface area contributed by atoms with Crippen LogP contribution in [0.15, 0.2) is 78.4 Å². The summed E-state index contributed by atoms with van der Waals surface area (Å²) < 4.78 is 4.01. The van der Waals surface area contributed by atoms with E-state index in [1.807, 2.05) is 95.9 Å². The Morgan fingerprint density at radius 2 is 1.41 bits per heavy atom. The molecule has 32 heavy (non-hydrogen) atoms. The number of carbonyl (C=O) groups excluding carboxylic acids is 2. The summed E-state index contributed by atoms with van der Waals surface area (Å²) in [5.41, 5.74) is 4.54. The number of para-hydroxylation sites is 1. The zero-order chi connectivity index (χ0) is 22.0. The Bertz CT molecular complexity index is 1560. The van der Waals surface area contributed by atoms with Gasteiger partial charge >= 0.3 is 0 Å². The maximum atomic E-state index is 13.3. The number of carbonyl (C=O) groups is 2. The standard InChI is InChI=1S/C27H19N3O2/c1-16-28-27-24(29(16)2)15-20(30(27)19-10-4-3-5-11-19)14-23-25(31)21-12-17-8-6-7-9-18(17)13-22(21)26(23)32/h3-15H,1-2H3. The molecule has 154 valence electrons. The van der Waals surface area contributed by atoms with Crippen molar-refractivity contribution in [2.75, 3.05) is 0 Å². The van der Waals surface area contributed by atoms with Crippen molar-refractivity contribution in [3.63, 3.8) is 0 Å². The Morgan fingerprint density at radius 1 is 0.812 bits per heavy atom. The lowest BCUT2D eigenvalue weighted by Crippen LogP contribution is -2.03. The minimum atomic E-state index is -0.232. The average Bonchev–Trinajstić information content (AvgIpc) is 3.38. The molecule has 2 heterocycles. The Balaban J connectivity index is 1.57. The van der Waals surface area contributed by atoms with Gasteiger partial charge in [0.05, 0.1) is 16.8 Å². The van der Waals surface area contributed by atoms with E-state index in [4.69, 9.17) is 4.98 Å². The van der Waals surface area contributed by atoms with Gasteiger partial charge in [0.1, 0.15) is 5.82 Å². The maximum absolute atomic E-state index is 13.3. The smallest absolute Gasteiger partial charge is 0.197 e. The SMILES string of the molecule is Cc1nc2c(cc(C=C3C(=O)c4cc5ccccc5cc4C3=O)n2-c2ccccc2)n1C. The van der Waals surface area contributed by atoms with Gasteiger partial charge in [0, 0.05) is 23.9 Å². The molecule has 5 nitrogen and oxygen atoms in total. The van der Waals surface area contributed by atoms with Crippen molar-refractivity contribution < 1.29 is 9.59 Å². The molecular weight excluding hydrogens is 398 g/mol. The summed E-state index contributed by atoms with van der Waals surface area (Å²) >= 11 is 0.